The van der Waals surface area contributed by atoms with E-state index in [4.69, 9.17) is 19.2 Å². The molecule has 2 heterocycles. The van der Waals surface area contributed by atoms with Crippen LogP contribution in [0.4, 0.5) is 0 Å². The van der Waals surface area contributed by atoms with Crippen molar-refractivity contribution in [3.8, 4) is 11.5 Å². The molecule has 0 aliphatic carbocycles. The Bertz CT molecular complexity index is 858. The first-order chi connectivity index (χ1) is 14.7. The van der Waals surface area contributed by atoms with Crippen LogP contribution in [0.1, 0.15) is 37.5 Å². The highest BCUT2D eigenvalue weighted by Crippen LogP contribution is 2.28. The summed E-state index contributed by atoms with van der Waals surface area (Å²) in [7, 11) is 3.30. The molecule has 1 unspecified atom stereocenters. The smallest absolute Gasteiger partial charge is 0.191 e. The van der Waals surface area contributed by atoms with Crippen molar-refractivity contribution in [1.82, 2.24) is 25.4 Å². The maximum Gasteiger partial charge on any atom is 0.191 e. The third kappa shape index (κ3) is 6.96. The Balaban J connectivity index is 0.00000341. The van der Waals surface area contributed by atoms with Crippen LogP contribution in [-0.2, 0) is 30.9 Å². The van der Waals surface area contributed by atoms with E-state index in [1.54, 1.807) is 14.2 Å². The molecule has 9 nitrogen and oxygen atoms in total. The number of aliphatic imine (C=N–C) groups is 1. The number of nitrogens with one attached hydrogen (secondary N) is 2. The van der Waals surface area contributed by atoms with Crippen LogP contribution in [-0.4, -0.2) is 54.1 Å². The van der Waals surface area contributed by atoms with E-state index >= 15 is 0 Å². The van der Waals surface area contributed by atoms with E-state index in [0.717, 1.165) is 60.6 Å². The van der Waals surface area contributed by atoms with Crippen LogP contribution in [0, 0.1) is 0 Å². The van der Waals surface area contributed by atoms with Crippen molar-refractivity contribution >= 4 is 29.9 Å². The molecule has 1 aromatic carbocycles. The number of guanidine groups is 1. The third-order valence-electron chi connectivity index (χ3n) is 4.81. The molecule has 3 rings (SSSR count). The molecule has 0 amide bonds. The summed E-state index contributed by atoms with van der Waals surface area (Å²) in [6, 6.07) is 6.15. The summed E-state index contributed by atoms with van der Waals surface area (Å²) < 4.78 is 18.1. The van der Waals surface area contributed by atoms with Gasteiger partial charge in [0.25, 0.3) is 0 Å². The van der Waals surface area contributed by atoms with Crippen LogP contribution < -0.4 is 20.1 Å². The van der Waals surface area contributed by atoms with Gasteiger partial charge in [0.2, 0.25) is 0 Å². The first-order valence-electron chi connectivity index (χ1n) is 10.4. The zero-order valence-electron chi connectivity index (χ0n) is 18.7. The van der Waals surface area contributed by atoms with Gasteiger partial charge in [0.1, 0.15) is 12.4 Å². The molecule has 31 heavy (non-hydrogen) atoms. The van der Waals surface area contributed by atoms with E-state index in [0.29, 0.717) is 19.8 Å². The number of benzene rings is 1. The highest BCUT2D eigenvalue weighted by molar-refractivity contribution is 14.0. The van der Waals surface area contributed by atoms with Crippen LogP contribution in [0.5, 0.6) is 11.5 Å². The Morgan fingerprint density at radius 2 is 2.10 bits per heavy atom. The second-order valence-electron chi connectivity index (χ2n) is 7.05. The summed E-state index contributed by atoms with van der Waals surface area (Å²) in [5.41, 5.74) is 1.06. The van der Waals surface area contributed by atoms with E-state index in [1.807, 2.05) is 29.8 Å². The zero-order valence-corrected chi connectivity index (χ0v) is 21.0. The average Bonchev–Trinajstić information content (AvgIpc) is 3.14. The van der Waals surface area contributed by atoms with Gasteiger partial charge in [0.15, 0.2) is 23.3 Å². The topological polar surface area (TPSA) is 94.8 Å². The largest absolute Gasteiger partial charge is 0.493 e. The second kappa shape index (κ2) is 12.7. The Hall–Kier alpha value is -2.08. The molecule has 1 aromatic heterocycles. The van der Waals surface area contributed by atoms with Crippen molar-refractivity contribution in [3.63, 3.8) is 0 Å². The number of hydrogen-bond donors (Lipinski definition) is 2. The van der Waals surface area contributed by atoms with E-state index in [2.05, 4.69) is 27.6 Å². The Labute approximate surface area is 201 Å². The minimum absolute atomic E-state index is 0. The molecule has 10 heteroatoms. The number of hydrogen-bond acceptors (Lipinski definition) is 6. The number of nitrogens with zero attached hydrogens (tertiary/aromatic N) is 4. The number of aromatic nitrogens is 3. The fourth-order valence-electron chi connectivity index (χ4n) is 3.44. The molecule has 0 saturated carbocycles. The van der Waals surface area contributed by atoms with Crippen LogP contribution in [0.15, 0.2) is 23.2 Å². The SMILES string of the molecule is CCNC(=NCc1ccc(OC)c(OCC)c1)NC1CCc2nc(COC)nn2C1.I. The lowest BCUT2D eigenvalue weighted by Crippen LogP contribution is -2.47. The normalized spacial score (nSPS) is 15.6. The first-order valence-corrected chi connectivity index (χ1v) is 10.4. The van der Waals surface area contributed by atoms with E-state index in [1.165, 1.54) is 0 Å². The van der Waals surface area contributed by atoms with Crippen LogP contribution in [0.25, 0.3) is 0 Å². The fourth-order valence-corrected chi connectivity index (χ4v) is 3.44. The monoisotopic (exact) mass is 544 g/mol. The maximum atomic E-state index is 5.67. The summed E-state index contributed by atoms with van der Waals surface area (Å²) in [6.07, 6.45) is 1.86. The number of aryl methyl sites for hydroxylation is 1. The summed E-state index contributed by atoms with van der Waals surface area (Å²) in [4.78, 5) is 9.29. The standard InChI is InChI=1S/C21H32N6O3.HI/c1-5-22-21(23-12-15-7-9-17(29-4)18(11-15)30-6-2)24-16-8-10-20-25-19(14-28-3)26-27(20)13-16;/h7,9,11,16H,5-6,8,10,12-14H2,1-4H3,(H2,22,23,24);1H. The van der Waals surface area contributed by atoms with Gasteiger partial charge in [-0.15, -0.1) is 24.0 Å². The number of methoxy groups -OCH3 is 2. The second-order valence-corrected chi connectivity index (χ2v) is 7.05. The molecule has 0 radical (unpaired) electrons. The molecular formula is C21H33IN6O3. The predicted molar refractivity (Wildman–Crippen MR) is 130 cm³/mol. The van der Waals surface area contributed by atoms with Crippen molar-refractivity contribution in [2.24, 2.45) is 4.99 Å². The fraction of sp³-hybridized carbons (Fsp3) is 0.571. The Morgan fingerprint density at radius 3 is 2.81 bits per heavy atom. The van der Waals surface area contributed by atoms with E-state index in [9.17, 15) is 0 Å². The lowest BCUT2D eigenvalue weighted by Gasteiger charge is -2.25. The van der Waals surface area contributed by atoms with Crippen molar-refractivity contribution in [1.29, 1.82) is 0 Å². The Morgan fingerprint density at radius 1 is 1.26 bits per heavy atom. The van der Waals surface area contributed by atoms with E-state index in [-0.39, 0.29) is 30.0 Å². The van der Waals surface area contributed by atoms with Gasteiger partial charge in [-0.25, -0.2) is 14.7 Å². The number of halogens is 1. The molecule has 1 aliphatic rings. The molecule has 2 N–H and O–H groups in total. The third-order valence-corrected chi connectivity index (χ3v) is 4.81. The number of ether oxygens (including phenoxy) is 3. The highest BCUT2D eigenvalue weighted by Gasteiger charge is 2.22. The van der Waals surface area contributed by atoms with Gasteiger partial charge >= 0.3 is 0 Å². The summed E-state index contributed by atoms with van der Waals surface area (Å²) in [5.74, 6) is 4.01. The van der Waals surface area contributed by atoms with Gasteiger partial charge in [-0.1, -0.05) is 6.07 Å². The minimum atomic E-state index is 0. The van der Waals surface area contributed by atoms with Gasteiger partial charge in [0, 0.05) is 26.1 Å². The van der Waals surface area contributed by atoms with Gasteiger partial charge in [0.05, 0.1) is 26.8 Å². The lowest BCUT2D eigenvalue weighted by atomic mass is 10.1. The predicted octanol–water partition coefficient (Wildman–Crippen LogP) is 2.52. The maximum absolute atomic E-state index is 5.67. The molecule has 2 aromatic rings. The summed E-state index contributed by atoms with van der Waals surface area (Å²) in [5, 5.41) is 11.4. The van der Waals surface area contributed by atoms with Gasteiger partial charge in [-0.05, 0) is 38.0 Å². The zero-order chi connectivity index (χ0) is 21.3. The van der Waals surface area contributed by atoms with Crippen molar-refractivity contribution < 1.29 is 14.2 Å². The molecule has 0 fully saturated rings. The summed E-state index contributed by atoms with van der Waals surface area (Å²) in [6.45, 7) is 7.13. The Kier molecular flexibility index (Phi) is 10.3. The summed E-state index contributed by atoms with van der Waals surface area (Å²) >= 11 is 0. The van der Waals surface area contributed by atoms with Crippen molar-refractivity contribution in [2.75, 3.05) is 27.4 Å². The van der Waals surface area contributed by atoms with Crippen molar-refractivity contribution in [3.05, 3.63) is 35.4 Å². The molecule has 0 saturated heterocycles. The molecule has 0 spiro atoms. The van der Waals surface area contributed by atoms with Crippen LogP contribution in [0.3, 0.4) is 0 Å². The quantitative estimate of drug-likeness (QED) is 0.285. The van der Waals surface area contributed by atoms with Gasteiger partial charge in [-0.3, -0.25) is 0 Å². The lowest BCUT2D eigenvalue weighted by molar-refractivity contribution is 0.177. The molecule has 1 aliphatic heterocycles. The first kappa shape index (κ1) is 25.2. The number of fused-ring (bicyclic) bond motifs is 1. The highest BCUT2D eigenvalue weighted by atomic mass is 127. The molecule has 0 bridgehead atoms. The van der Waals surface area contributed by atoms with Crippen LogP contribution >= 0.6 is 24.0 Å². The number of rotatable bonds is 9. The van der Waals surface area contributed by atoms with E-state index < -0.39 is 0 Å². The molecule has 1 atom stereocenters. The van der Waals surface area contributed by atoms with Gasteiger partial charge in [-0.2, -0.15) is 5.10 Å². The van der Waals surface area contributed by atoms with Gasteiger partial charge < -0.3 is 24.8 Å². The minimum Gasteiger partial charge on any atom is -0.493 e. The average molecular weight is 544 g/mol. The molecular weight excluding hydrogens is 511 g/mol. The molecule has 172 valence electrons. The van der Waals surface area contributed by atoms with Crippen LogP contribution in [0.2, 0.25) is 0 Å². The van der Waals surface area contributed by atoms with Crippen molar-refractivity contribution in [2.45, 2.75) is 52.4 Å².